The van der Waals surface area contributed by atoms with E-state index in [0.717, 1.165) is 89.8 Å². The van der Waals surface area contributed by atoms with Gasteiger partial charge in [0.25, 0.3) is 0 Å². The molecule has 6 nitrogen and oxygen atoms in total. The van der Waals surface area contributed by atoms with Gasteiger partial charge in [-0.25, -0.2) is 0 Å². The minimum atomic E-state index is 0.307. The summed E-state index contributed by atoms with van der Waals surface area (Å²) in [5.41, 5.74) is 0. The van der Waals surface area contributed by atoms with E-state index in [0.29, 0.717) is 12.2 Å². The summed E-state index contributed by atoms with van der Waals surface area (Å²) in [6, 6.07) is 10.00. The van der Waals surface area contributed by atoms with Gasteiger partial charge in [0.2, 0.25) is 0 Å². The Balaban J connectivity index is 1.31. The van der Waals surface area contributed by atoms with Crippen molar-refractivity contribution in [1.82, 2.24) is 10.2 Å². The zero-order chi connectivity index (χ0) is 20.9. The van der Waals surface area contributed by atoms with Gasteiger partial charge in [0.05, 0.1) is 25.4 Å². The molecule has 0 radical (unpaired) electrons. The third-order valence-corrected chi connectivity index (χ3v) is 5.69. The molecule has 1 N–H and O–H groups in total. The molecule has 6 heteroatoms. The number of nitrogens with one attached hydrogen (secondary N) is 1. The molecular weight excluding hydrogens is 378 g/mol. The van der Waals surface area contributed by atoms with Crippen molar-refractivity contribution < 1.29 is 14.2 Å². The Kier molecular flexibility index (Phi) is 10.3. The van der Waals surface area contributed by atoms with E-state index in [1.807, 2.05) is 30.3 Å². The molecule has 0 aromatic heterocycles. The predicted molar refractivity (Wildman–Crippen MR) is 121 cm³/mol. The second-order valence-corrected chi connectivity index (χ2v) is 8.11. The highest BCUT2D eigenvalue weighted by Gasteiger charge is 2.23. The number of rotatable bonds is 10. The van der Waals surface area contributed by atoms with Gasteiger partial charge in [-0.05, 0) is 64.0 Å². The smallest absolute Gasteiger partial charge is 0.193 e. The summed E-state index contributed by atoms with van der Waals surface area (Å²) in [6.07, 6.45) is 8.43. The summed E-state index contributed by atoms with van der Waals surface area (Å²) in [6.45, 7) is 8.24. The summed E-state index contributed by atoms with van der Waals surface area (Å²) in [4.78, 5) is 7.22. The van der Waals surface area contributed by atoms with E-state index >= 15 is 0 Å². The van der Waals surface area contributed by atoms with Gasteiger partial charge in [0, 0.05) is 32.8 Å². The van der Waals surface area contributed by atoms with Gasteiger partial charge in [-0.3, -0.25) is 4.99 Å². The first-order valence-electron chi connectivity index (χ1n) is 11.8. The fraction of sp³-hybridized carbons (Fsp3) is 0.708. The molecular formula is C24H39N3O3. The van der Waals surface area contributed by atoms with Crippen LogP contribution in [-0.4, -0.2) is 69.1 Å². The Hall–Kier alpha value is -1.79. The van der Waals surface area contributed by atoms with Crippen molar-refractivity contribution >= 4 is 5.96 Å². The average molecular weight is 418 g/mol. The maximum Gasteiger partial charge on any atom is 0.193 e. The fourth-order valence-corrected chi connectivity index (χ4v) is 3.95. The number of hydrogen-bond donors (Lipinski definition) is 1. The molecule has 0 spiro atoms. The molecule has 0 bridgehead atoms. The van der Waals surface area contributed by atoms with Crippen LogP contribution in [0.15, 0.2) is 35.3 Å². The normalized spacial score (nSPS) is 20.9. The number of likely N-dealkylation sites (tertiary alicyclic amines) is 1. The number of guanidine groups is 1. The summed E-state index contributed by atoms with van der Waals surface area (Å²) in [5, 5.41) is 3.45. The number of ether oxygens (including phenoxy) is 3. The Morgan fingerprint density at radius 2 is 1.97 bits per heavy atom. The molecule has 1 aromatic rings. The largest absolute Gasteiger partial charge is 0.494 e. The van der Waals surface area contributed by atoms with Crippen LogP contribution < -0.4 is 10.1 Å². The molecule has 168 valence electrons. The number of unbranched alkanes of at least 4 members (excludes halogenated alkanes) is 1. The van der Waals surface area contributed by atoms with Crippen molar-refractivity contribution in [2.24, 2.45) is 4.99 Å². The lowest BCUT2D eigenvalue weighted by Crippen LogP contribution is -2.47. The van der Waals surface area contributed by atoms with E-state index < -0.39 is 0 Å². The highest BCUT2D eigenvalue weighted by atomic mass is 16.5. The Morgan fingerprint density at radius 1 is 1.13 bits per heavy atom. The fourth-order valence-electron chi connectivity index (χ4n) is 3.95. The molecule has 3 rings (SSSR count). The van der Waals surface area contributed by atoms with Gasteiger partial charge in [-0.15, -0.1) is 0 Å². The average Bonchev–Trinajstić information content (AvgIpc) is 2.81. The van der Waals surface area contributed by atoms with Crippen molar-refractivity contribution in [2.75, 3.05) is 46.0 Å². The molecule has 1 atom stereocenters. The van der Waals surface area contributed by atoms with E-state index in [-0.39, 0.29) is 0 Å². The van der Waals surface area contributed by atoms with Crippen molar-refractivity contribution in [2.45, 2.75) is 64.1 Å². The molecule has 0 aliphatic carbocycles. The van der Waals surface area contributed by atoms with E-state index in [2.05, 4.69) is 17.1 Å². The first-order valence-corrected chi connectivity index (χ1v) is 11.8. The summed E-state index contributed by atoms with van der Waals surface area (Å²) >= 11 is 0. The van der Waals surface area contributed by atoms with Crippen LogP contribution in [0.3, 0.4) is 0 Å². The van der Waals surface area contributed by atoms with Crippen LogP contribution in [0.5, 0.6) is 5.75 Å². The van der Waals surface area contributed by atoms with Gasteiger partial charge < -0.3 is 24.4 Å². The lowest BCUT2D eigenvalue weighted by molar-refractivity contribution is -0.0721. The lowest BCUT2D eigenvalue weighted by Gasteiger charge is -2.35. The zero-order valence-corrected chi connectivity index (χ0v) is 18.6. The van der Waals surface area contributed by atoms with Crippen LogP contribution in [-0.2, 0) is 9.47 Å². The van der Waals surface area contributed by atoms with Crippen molar-refractivity contribution in [3.63, 3.8) is 0 Å². The van der Waals surface area contributed by atoms with E-state index in [9.17, 15) is 0 Å². The third kappa shape index (κ3) is 8.15. The van der Waals surface area contributed by atoms with Crippen LogP contribution in [0.4, 0.5) is 0 Å². The van der Waals surface area contributed by atoms with Gasteiger partial charge in [-0.1, -0.05) is 18.2 Å². The third-order valence-electron chi connectivity index (χ3n) is 5.69. The highest BCUT2D eigenvalue weighted by Crippen LogP contribution is 2.18. The molecule has 0 amide bonds. The maximum absolute atomic E-state index is 6.15. The minimum Gasteiger partial charge on any atom is -0.494 e. The molecule has 1 aromatic carbocycles. The van der Waals surface area contributed by atoms with Crippen LogP contribution in [0, 0.1) is 0 Å². The van der Waals surface area contributed by atoms with Crippen LogP contribution in [0.25, 0.3) is 0 Å². The highest BCUT2D eigenvalue weighted by molar-refractivity contribution is 5.80. The SMILES string of the molecule is CCNC(=NCCCCOc1ccccc1)N1CCC(OCC2CCCCO2)CC1. The number of piperidine rings is 1. The van der Waals surface area contributed by atoms with Crippen LogP contribution in [0.1, 0.15) is 51.9 Å². The first kappa shape index (κ1) is 22.9. The molecule has 2 aliphatic rings. The minimum absolute atomic E-state index is 0.307. The van der Waals surface area contributed by atoms with E-state index in [1.54, 1.807) is 0 Å². The predicted octanol–water partition coefficient (Wildman–Crippen LogP) is 3.86. The topological polar surface area (TPSA) is 55.3 Å². The number of hydrogen-bond acceptors (Lipinski definition) is 4. The second kappa shape index (κ2) is 13.5. The van der Waals surface area contributed by atoms with Crippen LogP contribution >= 0.6 is 0 Å². The summed E-state index contributed by atoms with van der Waals surface area (Å²) in [7, 11) is 0. The van der Waals surface area contributed by atoms with Gasteiger partial charge >= 0.3 is 0 Å². The first-order chi connectivity index (χ1) is 14.8. The molecule has 2 fully saturated rings. The Bertz CT molecular complexity index is 597. The number of para-hydroxylation sites is 1. The van der Waals surface area contributed by atoms with Gasteiger partial charge in [-0.2, -0.15) is 0 Å². The number of nitrogens with zero attached hydrogens (tertiary/aromatic N) is 2. The molecule has 2 aliphatic heterocycles. The lowest BCUT2D eigenvalue weighted by atomic mass is 10.1. The van der Waals surface area contributed by atoms with E-state index in [1.165, 1.54) is 12.8 Å². The number of aliphatic imine (C=N–C) groups is 1. The van der Waals surface area contributed by atoms with Gasteiger partial charge in [0.15, 0.2) is 5.96 Å². The molecule has 1 unspecified atom stereocenters. The quantitative estimate of drug-likeness (QED) is 0.356. The summed E-state index contributed by atoms with van der Waals surface area (Å²) < 4.78 is 17.7. The Labute approximate surface area is 182 Å². The standard InChI is InChI=1S/C24H39N3O3/c1-2-25-24(26-15-7-9-19-28-21-10-4-3-5-11-21)27-16-13-22(14-17-27)30-20-23-12-6-8-18-29-23/h3-5,10-11,22-23H,2,6-9,12-20H2,1H3,(H,25,26). The summed E-state index contributed by atoms with van der Waals surface area (Å²) in [5.74, 6) is 1.98. The van der Waals surface area contributed by atoms with Crippen molar-refractivity contribution in [1.29, 1.82) is 0 Å². The molecule has 30 heavy (non-hydrogen) atoms. The molecule has 2 saturated heterocycles. The van der Waals surface area contributed by atoms with Crippen LogP contribution in [0.2, 0.25) is 0 Å². The van der Waals surface area contributed by atoms with Crippen molar-refractivity contribution in [3.05, 3.63) is 30.3 Å². The second-order valence-electron chi connectivity index (χ2n) is 8.11. The monoisotopic (exact) mass is 417 g/mol. The maximum atomic E-state index is 6.15. The zero-order valence-electron chi connectivity index (χ0n) is 18.6. The van der Waals surface area contributed by atoms with E-state index in [4.69, 9.17) is 19.2 Å². The van der Waals surface area contributed by atoms with Crippen molar-refractivity contribution in [3.8, 4) is 5.75 Å². The number of benzene rings is 1. The molecule has 0 saturated carbocycles. The molecule has 2 heterocycles. The Morgan fingerprint density at radius 3 is 2.70 bits per heavy atom. The van der Waals surface area contributed by atoms with Gasteiger partial charge in [0.1, 0.15) is 5.75 Å².